The van der Waals surface area contributed by atoms with E-state index in [4.69, 9.17) is 0 Å². The number of hydrogen-bond acceptors (Lipinski definition) is 2. The minimum absolute atomic E-state index is 0.0246. The van der Waals surface area contributed by atoms with Crippen LogP contribution in [0.2, 0.25) is 0 Å². The quantitative estimate of drug-likeness (QED) is 0.876. The molecule has 0 radical (unpaired) electrons. The molecule has 23 heavy (non-hydrogen) atoms. The van der Waals surface area contributed by atoms with Crippen molar-refractivity contribution in [2.24, 2.45) is 0 Å². The van der Waals surface area contributed by atoms with E-state index in [2.05, 4.69) is 37.4 Å². The largest absolute Gasteiger partial charge is 0.350 e. The molecule has 128 valence electrons. The zero-order valence-electron chi connectivity index (χ0n) is 15.3. The molecule has 0 aromatic heterocycles. The molecule has 0 atom stereocenters. The van der Waals surface area contributed by atoms with Gasteiger partial charge in [-0.25, -0.2) is 0 Å². The van der Waals surface area contributed by atoms with Crippen molar-refractivity contribution < 1.29 is 9.59 Å². The molecule has 4 nitrogen and oxygen atoms in total. The van der Waals surface area contributed by atoms with E-state index in [0.29, 0.717) is 19.4 Å². The molecule has 0 bridgehead atoms. The molecule has 1 aromatic carbocycles. The highest BCUT2D eigenvalue weighted by atomic mass is 16.2. The van der Waals surface area contributed by atoms with Gasteiger partial charge in [-0.15, -0.1) is 0 Å². The van der Waals surface area contributed by atoms with Gasteiger partial charge in [-0.2, -0.15) is 0 Å². The van der Waals surface area contributed by atoms with Crippen LogP contribution in [0, 0.1) is 13.8 Å². The highest BCUT2D eigenvalue weighted by molar-refractivity contribution is 5.85. The van der Waals surface area contributed by atoms with Gasteiger partial charge in [0, 0.05) is 18.5 Å². The third kappa shape index (κ3) is 6.85. The Morgan fingerprint density at radius 2 is 1.83 bits per heavy atom. The van der Waals surface area contributed by atoms with E-state index >= 15 is 0 Å². The van der Waals surface area contributed by atoms with Crippen molar-refractivity contribution in [3.63, 3.8) is 0 Å². The maximum atomic E-state index is 12.4. The highest BCUT2D eigenvalue weighted by Crippen LogP contribution is 2.13. The van der Waals surface area contributed by atoms with E-state index in [0.717, 1.165) is 0 Å². The van der Waals surface area contributed by atoms with Crippen molar-refractivity contribution in [1.82, 2.24) is 10.2 Å². The van der Waals surface area contributed by atoms with Gasteiger partial charge in [0.25, 0.3) is 0 Å². The summed E-state index contributed by atoms with van der Waals surface area (Å²) in [5.74, 6) is -0.0873. The van der Waals surface area contributed by atoms with Gasteiger partial charge >= 0.3 is 0 Å². The van der Waals surface area contributed by atoms with Crippen molar-refractivity contribution in [3.05, 3.63) is 34.9 Å². The number of hydrogen-bond donors (Lipinski definition) is 1. The first-order valence-corrected chi connectivity index (χ1v) is 8.27. The van der Waals surface area contributed by atoms with Gasteiger partial charge in [0.05, 0.1) is 6.54 Å². The first kappa shape index (κ1) is 19.2. The Hall–Kier alpha value is -1.84. The van der Waals surface area contributed by atoms with E-state index < -0.39 is 0 Å². The second-order valence-electron chi connectivity index (χ2n) is 7.14. The van der Waals surface area contributed by atoms with Gasteiger partial charge in [-0.1, -0.05) is 23.8 Å². The summed E-state index contributed by atoms with van der Waals surface area (Å²) in [6.07, 6.45) is 1.14. The summed E-state index contributed by atoms with van der Waals surface area (Å²) in [5.41, 5.74) is 3.36. The van der Waals surface area contributed by atoms with Crippen LogP contribution in [0.25, 0.3) is 0 Å². The first-order chi connectivity index (χ1) is 10.6. The number of likely N-dealkylation sites (N-methyl/N-ethyl adjacent to an activating group) is 1. The Morgan fingerprint density at radius 3 is 2.35 bits per heavy atom. The van der Waals surface area contributed by atoms with E-state index in [-0.39, 0.29) is 23.9 Å². The lowest BCUT2D eigenvalue weighted by atomic mass is 10.0. The van der Waals surface area contributed by atoms with Crippen LogP contribution in [0.1, 0.15) is 50.8 Å². The maximum Gasteiger partial charge on any atom is 0.240 e. The van der Waals surface area contributed by atoms with Crippen LogP contribution in [0.3, 0.4) is 0 Å². The minimum Gasteiger partial charge on any atom is -0.350 e. The standard InChI is InChI=1S/C19H30N2O2/c1-7-21(13-17(22)20-19(4,5)6)18(23)11-10-16-9-8-14(2)12-15(16)3/h8-9,12H,7,10-11,13H2,1-6H3,(H,20,22). The third-order valence-corrected chi connectivity index (χ3v) is 3.69. The van der Waals surface area contributed by atoms with Crippen LogP contribution in [0.4, 0.5) is 0 Å². The van der Waals surface area contributed by atoms with E-state index in [9.17, 15) is 9.59 Å². The normalized spacial score (nSPS) is 11.2. The molecule has 1 rings (SSSR count). The first-order valence-electron chi connectivity index (χ1n) is 8.27. The van der Waals surface area contributed by atoms with Crippen molar-refractivity contribution in [2.45, 2.75) is 59.9 Å². The number of rotatable bonds is 6. The highest BCUT2D eigenvalue weighted by Gasteiger charge is 2.19. The van der Waals surface area contributed by atoms with Gasteiger partial charge in [-0.05, 0) is 59.1 Å². The third-order valence-electron chi connectivity index (χ3n) is 3.69. The zero-order valence-corrected chi connectivity index (χ0v) is 15.3. The summed E-state index contributed by atoms with van der Waals surface area (Å²) in [5, 5.41) is 2.90. The lowest BCUT2D eigenvalue weighted by molar-refractivity contribution is -0.136. The second-order valence-corrected chi connectivity index (χ2v) is 7.14. The molecular weight excluding hydrogens is 288 g/mol. The zero-order chi connectivity index (χ0) is 17.6. The predicted octanol–water partition coefficient (Wildman–Crippen LogP) is 3.00. The Balaban J connectivity index is 2.58. The fourth-order valence-corrected chi connectivity index (χ4v) is 2.53. The maximum absolute atomic E-state index is 12.4. The number of nitrogens with zero attached hydrogens (tertiary/aromatic N) is 1. The van der Waals surface area contributed by atoms with Crippen LogP contribution in [-0.4, -0.2) is 35.3 Å². The summed E-state index contributed by atoms with van der Waals surface area (Å²) in [7, 11) is 0. The summed E-state index contributed by atoms with van der Waals surface area (Å²) in [6, 6.07) is 6.29. The van der Waals surface area contributed by atoms with Gasteiger partial charge < -0.3 is 10.2 Å². The summed E-state index contributed by atoms with van der Waals surface area (Å²) >= 11 is 0. The molecule has 0 heterocycles. The van der Waals surface area contributed by atoms with Crippen LogP contribution in [-0.2, 0) is 16.0 Å². The fourth-order valence-electron chi connectivity index (χ4n) is 2.53. The Morgan fingerprint density at radius 1 is 1.17 bits per heavy atom. The van der Waals surface area contributed by atoms with Crippen LogP contribution < -0.4 is 5.32 Å². The summed E-state index contributed by atoms with van der Waals surface area (Å²) in [6.45, 7) is 12.5. The smallest absolute Gasteiger partial charge is 0.240 e. The number of aryl methyl sites for hydroxylation is 3. The van der Waals surface area contributed by atoms with E-state index in [1.54, 1.807) is 4.90 Å². The Bertz CT molecular complexity index is 559. The summed E-state index contributed by atoms with van der Waals surface area (Å²) in [4.78, 5) is 26.0. The van der Waals surface area contributed by atoms with Crippen LogP contribution in [0.5, 0.6) is 0 Å². The molecule has 0 saturated carbocycles. The van der Waals surface area contributed by atoms with Crippen molar-refractivity contribution in [2.75, 3.05) is 13.1 Å². The molecule has 4 heteroatoms. The lowest BCUT2D eigenvalue weighted by Crippen LogP contribution is -2.47. The fraction of sp³-hybridized carbons (Fsp3) is 0.579. The molecule has 1 aromatic rings. The number of carbonyl (C=O) groups excluding carboxylic acids is 2. The molecule has 0 saturated heterocycles. The van der Waals surface area contributed by atoms with Crippen LogP contribution in [0.15, 0.2) is 18.2 Å². The van der Waals surface area contributed by atoms with Gasteiger partial charge in [0.1, 0.15) is 0 Å². The van der Waals surface area contributed by atoms with E-state index in [1.165, 1.54) is 16.7 Å². The number of benzene rings is 1. The molecule has 2 amide bonds. The topological polar surface area (TPSA) is 49.4 Å². The van der Waals surface area contributed by atoms with Crippen LogP contribution >= 0.6 is 0 Å². The van der Waals surface area contributed by atoms with Gasteiger partial charge in [-0.3, -0.25) is 9.59 Å². The monoisotopic (exact) mass is 318 g/mol. The molecule has 0 aliphatic rings. The minimum atomic E-state index is -0.279. The average molecular weight is 318 g/mol. The molecule has 1 N–H and O–H groups in total. The van der Waals surface area contributed by atoms with E-state index in [1.807, 2.05) is 27.7 Å². The van der Waals surface area contributed by atoms with Crippen molar-refractivity contribution >= 4 is 11.8 Å². The number of nitrogens with one attached hydrogen (secondary N) is 1. The predicted molar refractivity (Wildman–Crippen MR) is 94.4 cm³/mol. The molecular formula is C19H30N2O2. The number of carbonyl (C=O) groups is 2. The summed E-state index contributed by atoms with van der Waals surface area (Å²) < 4.78 is 0. The Kier molecular flexibility index (Phi) is 6.79. The lowest BCUT2D eigenvalue weighted by Gasteiger charge is -2.25. The SMILES string of the molecule is CCN(CC(=O)NC(C)(C)C)C(=O)CCc1ccc(C)cc1C. The van der Waals surface area contributed by atoms with Gasteiger partial charge in [0.2, 0.25) is 11.8 Å². The Labute approximate surface area is 140 Å². The van der Waals surface area contributed by atoms with Crippen molar-refractivity contribution in [3.8, 4) is 0 Å². The van der Waals surface area contributed by atoms with Crippen molar-refractivity contribution in [1.29, 1.82) is 0 Å². The molecule has 0 aliphatic heterocycles. The second kappa shape index (κ2) is 8.14. The number of amides is 2. The molecule has 0 unspecified atom stereocenters. The molecule has 0 fully saturated rings. The van der Waals surface area contributed by atoms with Gasteiger partial charge in [0.15, 0.2) is 0 Å². The molecule has 0 spiro atoms. The molecule has 0 aliphatic carbocycles. The average Bonchev–Trinajstić information content (AvgIpc) is 2.41.